The van der Waals surface area contributed by atoms with Gasteiger partial charge in [0, 0.05) is 18.3 Å². The fourth-order valence-electron chi connectivity index (χ4n) is 2.74. The van der Waals surface area contributed by atoms with Gasteiger partial charge in [0.1, 0.15) is 18.1 Å². The number of amides is 3. The summed E-state index contributed by atoms with van der Waals surface area (Å²) in [7, 11) is 0. The van der Waals surface area contributed by atoms with Gasteiger partial charge in [-0.3, -0.25) is 24.0 Å². The van der Waals surface area contributed by atoms with E-state index in [9.17, 15) is 24.0 Å². The van der Waals surface area contributed by atoms with E-state index < -0.39 is 60.2 Å². The Bertz CT molecular complexity index is 811. The minimum atomic E-state index is -1.54. The molecule has 178 valence electrons. The summed E-state index contributed by atoms with van der Waals surface area (Å²) in [5.41, 5.74) is 6.53. The number of carboxylic acid groups (broad SMARTS) is 2. The number of carbonyl (C=O) groups excluding carboxylic acids is 3. The highest BCUT2D eigenvalue weighted by Gasteiger charge is 2.31. The molecular weight excluding hydrogens is 424 g/mol. The van der Waals surface area contributed by atoms with E-state index in [4.69, 9.17) is 15.9 Å². The van der Waals surface area contributed by atoms with Crippen molar-refractivity contribution in [2.75, 3.05) is 0 Å². The molecule has 0 saturated carbocycles. The topological polar surface area (TPSA) is 217 Å². The van der Waals surface area contributed by atoms with Gasteiger partial charge in [-0.05, 0) is 19.3 Å². The summed E-state index contributed by atoms with van der Waals surface area (Å²) in [6.07, 6.45) is 2.53. The number of aromatic nitrogens is 2. The summed E-state index contributed by atoms with van der Waals surface area (Å²) in [6.45, 7) is 4.82. The molecule has 0 aliphatic rings. The molecular formula is C19H30N6O7. The van der Waals surface area contributed by atoms with Gasteiger partial charge >= 0.3 is 11.9 Å². The number of carbonyl (C=O) groups is 5. The van der Waals surface area contributed by atoms with Gasteiger partial charge < -0.3 is 36.9 Å². The largest absolute Gasteiger partial charge is 0.481 e. The number of nitrogens with zero attached hydrogens (tertiary/aromatic N) is 1. The SMILES string of the molecule is CC(C)CC(NC(=O)C(N)Cc1cnc[nH]1)C(=O)NC(CC(=O)O)C(=O)NC(C)C(=O)O. The van der Waals surface area contributed by atoms with Gasteiger partial charge in [-0.1, -0.05) is 13.8 Å². The first-order valence-electron chi connectivity index (χ1n) is 9.99. The van der Waals surface area contributed by atoms with Crippen molar-refractivity contribution in [1.82, 2.24) is 25.9 Å². The molecule has 0 aliphatic carbocycles. The standard InChI is InChI=1S/C19H30N6O7/c1-9(2)4-13(24-16(28)12(20)5-11-7-21-8-22-11)18(30)25-14(6-15(26)27)17(29)23-10(3)19(31)32/h7-10,12-14H,4-6,20H2,1-3H3,(H,21,22)(H,23,29)(H,24,28)(H,25,30)(H,26,27)(H,31,32). The third-order valence-corrected chi connectivity index (χ3v) is 4.41. The monoisotopic (exact) mass is 454 g/mol. The van der Waals surface area contributed by atoms with Gasteiger partial charge in [0.2, 0.25) is 17.7 Å². The molecule has 1 aromatic heterocycles. The van der Waals surface area contributed by atoms with Gasteiger partial charge in [0.15, 0.2) is 0 Å². The molecule has 1 aromatic rings. The van der Waals surface area contributed by atoms with Gasteiger partial charge in [-0.25, -0.2) is 4.98 Å². The van der Waals surface area contributed by atoms with E-state index in [1.165, 1.54) is 19.4 Å². The normalized spacial score (nSPS) is 14.7. The van der Waals surface area contributed by atoms with Crippen LogP contribution in [0, 0.1) is 5.92 Å². The number of nitrogens with two attached hydrogens (primary N) is 1. The van der Waals surface area contributed by atoms with Crippen molar-refractivity contribution in [2.24, 2.45) is 11.7 Å². The van der Waals surface area contributed by atoms with Crippen molar-refractivity contribution in [3.63, 3.8) is 0 Å². The number of nitrogens with one attached hydrogen (secondary N) is 4. The number of aliphatic carboxylic acids is 2. The molecule has 1 heterocycles. The van der Waals surface area contributed by atoms with Gasteiger partial charge in [-0.2, -0.15) is 0 Å². The predicted octanol–water partition coefficient (Wildman–Crippen LogP) is -1.64. The van der Waals surface area contributed by atoms with E-state index >= 15 is 0 Å². The van der Waals surface area contributed by atoms with Crippen LogP contribution in [0.15, 0.2) is 12.5 Å². The Morgan fingerprint density at radius 1 is 1.00 bits per heavy atom. The third kappa shape index (κ3) is 9.12. The van der Waals surface area contributed by atoms with Gasteiger partial charge in [-0.15, -0.1) is 0 Å². The maximum atomic E-state index is 12.8. The summed E-state index contributed by atoms with van der Waals surface area (Å²) in [5, 5.41) is 24.9. The van der Waals surface area contributed by atoms with Gasteiger partial charge in [0.25, 0.3) is 0 Å². The summed E-state index contributed by atoms with van der Waals surface area (Å²) < 4.78 is 0. The van der Waals surface area contributed by atoms with Crippen LogP contribution in [0.2, 0.25) is 0 Å². The lowest BCUT2D eigenvalue weighted by Gasteiger charge is -2.25. The van der Waals surface area contributed by atoms with Crippen LogP contribution in [-0.2, 0) is 30.4 Å². The second kappa shape index (κ2) is 12.4. The average molecular weight is 454 g/mol. The van der Waals surface area contributed by atoms with Crippen LogP contribution in [0.4, 0.5) is 0 Å². The zero-order valence-electron chi connectivity index (χ0n) is 18.1. The Kier molecular flexibility index (Phi) is 10.3. The molecule has 32 heavy (non-hydrogen) atoms. The lowest BCUT2D eigenvalue weighted by Crippen LogP contribution is -2.57. The minimum Gasteiger partial charge on any atom is -0.481 e. The maximum absolute atomic E-state index is 12.8. The third-order valence-electron chi connectivity index (χ3n) is 4.41. The highest BCUT2D eigenvalue weighted by atomic mass is 16.4. The van der Waals surface area contributed by atoms with Crippen LogP contribution in [0.3, 0.4) is 0 Å². The Morgan fingerprint density at radius 3 is 2.09 bits per heavy atom. The maximum Gasteiger partial charge on any atom is 0.325 e. The van der Waals surface area contributed by atoms with Crippen LogP contribution in [0.25, 0.3) is 0 Å². The molecule has 0 aromatic carbocycles. The van der Waals surface area contributed by atoms with Crippen LogP contribution in [-0.4, -0.2) is 74.0 Å². The Morgan fingerprint density at radius 2 is 1.59 bits per heavy atom. The van der Waals surface area contributed by atoms with Crippen molar-refractivity contribution < 1.29 is 34.2 Å². The molecule has 0 saturated heterocycles. The van der Waals surface area contributed by atoms with E-state index in [0.29, 0.717) is 5.69 Å². The number of hydrogen-bond acceptors (Lipinski definition) is 7. The second-order valence-electron chi connectivity index (χ2n) is 7.81. The lowest BCUT2D eigenvalue weighted by molar-refractivity contribution is -0.143. The molecule has 0 radical (unpaired) electrons. The van der Waals surface area contributed by atoms with Crippen molar-refractivity contribution in [3.05, 3.63) is 18.2 Å². The number of imidazole rings is 1. The Hall–Kier alpha value is -3.48. The molecule has 13 nitrogen and oxygen atoms in total. The Balaban J connectivity index is 2.89. The number of carboxylic acids is 2. The van der Waals surface area contributed by atoms with Crippen molar-refractivity contribution in [3.8, 4) is 0 Å². The van der Waals surface area contributed by atoms with E-state index in [-0.39, 0.29) is 18.8 Å². The quantitative estimate of drug-likeness (QED) is 0.181. The first kappa shape index (κ1) is 26.6. The number of H-pyrrole nitrogens is 1. The zero-order valence-corrected chi connectivity index (χ0v) is 18.1. The van der Waals surface area contributed by atoms with Crippen molar-refractivity contribution in [2.45, 2.75) is 64.2 Å². The van der Waals surface area contributed by atoms with E-state index in [1.54, 1.807) is 0 Å². The molecule has 8 N–H and O–H groups in total. The minimum absolute atomic E-state index is 0.0336. The summed E-state index contributed by atoms with van der Waals surface area (Å²) in [5.74, 6) is -5.10. The molecule has 0 fully saturated rings. The highest BCUT2D eigenvalue weighted by Crippen LogP contribution is 2.07. The van der Waals surface area contributed by atoms with E-state index in [1.807, 2.05) is 13.8 Å². The average Bonchev–Trinajstić information content (AvgIpc) is 3.18. The molecule has 3 amide bonds. The molecule has 13 heteroatoms. The highest BCUT2D eigenvalue weighted by molar-refractivity contribution is 5.95. The molecule has 0 spiro atoms. The van der Waals surface area contributed by atoms with Crippen LogP contribution < -0.4 is 21.7 Å². The van der Waals surface area contributed by atoms with Crippen LogP contribution in [0.5, 0.6) is 0 Å². The van der Waals surface area contributed by atoms with Gasteiger partial charge in [0.05, 0.1) is 18.8 Å². The lowest BCUT2D eigenvalue weighted by atomic mass is 10.0. The van der Waals surface area contributed by atoms with Crippen LogP contribution in [0.1, 0.15) is 39.3 Å². The predicted molar refractivity (Wildman–Crippen MR) is 111 cm³/mol. The molecule has 0 aliphatic heterocycles. The summed E-state index contributed by atoms with van der Waals surface area (Å²) in [6, 6.07) is -4.89. The van der Waals surface area contributed by atoms with Crippen LogP contribution >= 0.6 is 0 Å². The second-order valence-corrected chi connectivity index (χ2v) is 7.81. The van der Waals surface area contributed by atoms with E-state index in [0.717, 1.165) is 0 Å². The smallest absolute Gasteiger partial charge is 0.325 e. The first-order chi connectivity index (χ1) is 14.9. The number of rotatable bonds is 13. The number of hydrogen-bond donors (Lipinski definition) is 7. The summed E-state index contributed by atoms with van der Waals surface area (Å²) >= 11 is 0. The fraction of sp³-hybridized carbons (Fsp3) is 0.579. The zero-order chi connectivity index (χ0) is 24.4. The molecule has 1 rings (SSSR count). The number of aromatic amines is 1. The molecule has 4 atom stereocenters. The molecule has 0 bridgehead atoms. The van der Waals surface area contributed by atoms with Crippen molar-refractivity contribution >= 4 is 29.7 Å². The Labute approximate surface area is 184 Å². The fourth-order valence-corrected chi connectivity index (χ4v) is 2.74. The van der Waals surface area contributed by atoms with Crippen molar-refractivity contribution in [1.29, 1.82) is 0 Å². The summed E-state index contributed by atoms with van der Waals surface area (Å²) in [4.78, 5) is 66.3. The molecule has 4 unspecified atom stereocenters. The van der Waals surface area contributed by atoms with E-state index in [2.05, 4.69) is 25.9 Å². The first-order valence-corrected chi connectivity index (χ1v) is 9.99.